The number of aryl methyl sites for hydroxylation is 1. The van der Waals surface area contributed by atoms with Crippen molar-refractivity contribution in [2.24, 2.45) is 0 Å². The van der Waals surface area contributed by atoms with Crippen LogP contribution in [0.5, 0.6) is 0 Å². The zero-order valence-electron chi connectivity index (χ0n) is 13.9. The molecule has 0 saturated heterocycles. The van der Waals surface area contributed by atoms with Crippen LogP contribution < -0.4 is 10.2 Å². The highest BCUT2D eigenvalue weighted by atomic mass is 35.5. The molecule has 1 atom stereocenters. The molecular weight excluding hydrogens is 328 g/mol. The number of nitrogens with one attached hydrogen (secondary N) is 1. The zero-order chi connectivity index (χ0) is 17.1. The van der Waals surface area contributed by atoms with Crippen molar-refractivity contribution in [3.05, 3.63) is 35.1 Å². The number of aromatic nitrogens is 4. The molecule has 3 rings (SSSR count). The van der Waals surface area contributed by atoms with E-state index in [4.69, 9.17) is 11.6 Å². The molecule has 2 aromatic rings. The summed E-state index contributed by atoms with van der Waals surface area (Å²) >= 11 is 6.14. The fourth-order valence-corrected chi connectivity index (χ4v) is 3.09. The molecule has 1 N–H and O–H groups in total. The topological polar surface area (TPSA) is 75.9 Å². The SMILES string of the molecule is CCN(CC)c1ncc(Cl)c(C(=O)N[C@H]2CCc3nccn3C2)n1. The van der Waals surface area contributed by atoms with Gasteiger partial charge in [0.15, 0.2) is 5.69 Å². The molecule has 2 aromatic heterocycles. The van der Waals surface area contributed by atoms with Crippen LogP contribution in [0.25, 0.3) is 0 Å². The van der Waals surface area contributed by atoms with Crippen molar-refractivity contribution in [2.45, 2.75) is 39.3 Å². The Kier molecular flexibility index (Phi) is 4.99. The van der Waals surface area contributed by atoms with Crippen molar-refractivity contribution < 1.29 is 4.79 Å². The minimum absolute atomic E-state index is 0.0436. The average molecular weight is 349 g/mol. The lowest BCUT2D eigenvalue weighted by Crippen LogP contribution is -2.41. The summed E-state index contributed by atoms with van der Waals surface area (Å²) < 4.78 is 2.07. The normalized spacial score (nSPS) is 16.5. The first-order chi connectivity index (χ1) is 11.6. The number of hydrogen-bond donors (Lipinski definition) is 1. The van der Waals surface area contributed by atoms with Crippen molar-refractivity contribution in [3.8, 4) is 0 Å². The second kappa shape index (κ2) is 7.17. The van der Waals surface area contributed by atoms with Gasteiger partial charge < -0.3 is 14.8 Å². The number of nitrogens with zero attached hydrogens (tertiary/aromatic N) is 5. The van der Waals surface area contributed by atoms with E-state index < -0.39 is 0 Å². The van der Waals surface area contributed by atoms with Crippen LogP contribution in [0.2, 0.25) is 5.02 Å². The van der Waals surface area contributed by atoms with Crippen LogP contribution in [-0.4, -0.2) is 44.6 Å². The number of rotatable bonds is 5. The third kappa shape index (κ3) is 3.36. The Labute approximate surface area is 146 Å². The molecule has 0 saturated carbocycles. The summed E-state index contributed by atoms with van der Waals surface area (Å²) in [7, 11) is 0. The Morgan fingerprint density at radius 3 is 2.96 bits per heavy atom. The maximum absolute atomic E-state index is 12.6. The largest absolute Gasteiger partial charge is 0.346 e. The van der Waals surface area contributed by atoms with Crippen LogP contribution in [0.3, 0.4) is 0 Å². The van der Waals surface area contributed by atoms with Gasteiger partial charge in [-0.2, -0.15) is 0 Å². The molecule has 7 nitrogen and oxygen atoms in total. The third-order valence-electron chi connectivity index (χ3n) is 4.26. The maximum Gasteiger partial charge on any atom is 0.271 e. The Morgan fingerprint density at radius 2 is 2.21 bits per heavy atom. The fourth-order valence-electron chi connectivity index (χ4n) is 2.91. The molecule has 3 heterocycles. The Bertz CT molecular complexity index is 727. The van der Waals surface area contributed by atoms with Gasteiger partial charge >= 0.3 is 0 Å². The lowest BCUT2D eigenvalue weighted by Gasteiger charge is -2.25. The molecule has 0 bridgehead atoms. The van der Waals surface area contributed by atoms with Crippen molar-refractivity contribution in [1.82, 2.24) is 24.8 Å². The van der Waals surface area contributed by atoms with E-state index in [1.165, 1.54) is 6.20 Å². The highest BCUT2D eigenvalue weighted by molar-refractivity contribution is 6.33. The average Bonchev–Trinajstić information content (AvgIpc) is 3.05. The predicted molar refractivity (Wildman–Crippen MR) is 92.4 cm³/mol. The van der Waals surface area contributed by atoms with E-state index in [9.17, 15) is 4.79 Å². The molecule has 0 radical (unpaired) electrons. The standard InChI is InChI=1S/C16H21ClN6O/c1-3-22(4-2)16-19-9-12(17)14(21-16)15(24)20-11-5-6-13-18-7-8-23(13)10-11/h7-9,11H,3-6,10H2,1-2H3,(H,20,24)/t11-/m0/s1. The van der Waals surface area contributed by atoms with Gasteiger partial charge in [-0.1, -0.05) is 11.6 Å². The summed E-state index contributed by atoms with van der Waals surface area (Å²) in [5, 5.41) is 3.29. The number of carbonyl (C=O) groups is 1. The van der Waals surface area contributed by atoms with Crippen molar-refractivity contribution in [2.75, 3.05) is 18.0 Å². The van der Waals surface area contributed by atoms with Crippen LogP contribution in [0.15, 0.2) is 18.6 Å². The molecule has 128 valence electrons. The highest BCUT2D eigenvalue weighted by Gasteiger charge is 2.23. The second-order valence-electron chi connectivity index (χ2n) is 5.74. The molecule has 1 amide bonds. The number of imidazole rings is 1. The van der Waals surface area contributed by atoms with Crippen molar-refractivity contribution in [1.29, 1.82) is 0 Å². The van der Waals surface area contributed by atoms with Gasteiger partial charge in [-0.05, 0) is 20.3 Å². The third-order valence-corrected chi connectivity index (χ3v) is 4.54. The van der Waals surface area contributed by atoms with E-state index in [0.717, 1.165) is 31.8 Å². The van der Waals surface area contributed by atoms with Crippen molar-refractivity contribution >= 4 is 23.5 Å². The molecular formula is C16H21ClN6O. The van der Waals surface area contributed by atoms with E-state index in [1.54, 1.807) is 6.20 Å². The highest BCUT2D eigenvalue weighted by Crippen LogP contribution is 2.18. The molecule has 0 spiro atoms. The van der Waals surface area contributed by atoms with E-state index in [2.05, 4.69) is 24.8 Å². The van der Waals surface area contributed by atoms with Gasteiger partial charge in [0.1, 0.15) is 5.82 Å². The summed E-state index contributed by atoms with van der Waals surface area (Å²) in [6, 6.07) is 0.0436. The maximum atomic E-state index is 12.6. The van der Waals surface area contributed by atoms with Crippen LogP contribution in [-0.2, 0) is 13.0 Å². The number of anilines is 1. The van der Waals surface area contributed by atoms with Crippen LogP contribution in [0, 0.1) is 0 Å². The minimum Gasteiger partial charge on any atom is -0.346 e. The van der Waals surface area contributed by atoms with E-state index in [1.807, 2.05) is 24.9 Å². The Hall–Kier alpha value is -2.15. The molecule has 1 aliphatic heterocycles. The minimum atomic E-state index is -0.260. The van der Waals surface area contributed by atoms with E-state index in [-0.39, 0.29) is 22.7 Å². The molecule has 1 aliphatic rings. The van der Waals surface area contributed by atoms with E-state index in [0.29, 0.717) is 12.5 Å². The molecule has 0 aromatic carbocycles. The Morgan fingerprint density at radius 1 is 1.42 bits per heavy atom. The van der Waals surface area contributed by atoms with Gasteiger partial charge in [-0.25, -0.2) is 15.0 Å². The molecule has 8 heteroatoms. The molecule has 0 unspecified atom stereocenters. The fraction of sp³-hybridized carbons (Fsp3) is 0.500. The first-order valence-corrected chi connectivity index (χ1v) is 8.58. The first kappa shape index (κ1) is 16.7. The van der Waals surface area contributed by atoms with Crippen LogP contribution in [0.4, 0.5) is 5.95 Å². The number of halogens is 1. The van der Waals surface area contributed by atoms with Gasteiger partial charge in [0, 0.05) is 44.5 Å². The summed E-state index contributed by atoms with van der Waals surface area (Å²) in [6.07, 6.45) is 6.92. The molecule has 0 fully saturated rings. The number of fused-ring (bicyclic) bond motifs is 1. The summed E-state index contributed by atoms with van der Waals surface area (Å²) in [4.78, 5) is 27.5. The van der Waals surface area contributed by atoms with Crippen molar-refractivity contribution in [3.63, 3.8) is 0 Å². The second-order valence-corrected chi connectivity index (χ2v) is 6.15. The number of amides is 1. The molecule has 0 aliphatic carbocycles. The number of carbonyl (C=O) groups excluding carboxylic acids is 1. The van der Waals surface area contributed by atoms with Gasteiger partial charge in [0.05, 0.1) is 11.2 Å². The zero-order valence-corrected chi connectivity index (χ0v) is 14.6. The quantitative estimate of drug-likeness (QED) is 0.893. The smallest absolute Gasteiger partial charge is 0.271 e. The Balaban J connectivity index is 1.74. The number of hydrogen-bond acceptors (Lipinski definition) is 5. The van der Waals surface area contributed by atoms with Gasteiger partial charge in [-0.15, -0.1) is 0 Å². The van der Waals surface area contributed by atoms with Gasteiger partial charge in [0.2, 0.25) is 5.95 Å². The molecule has 24 heavy (non-hydrogen) atoms. The predicted octanol–water partition coefficient (Wildman–Crippen LogP) is 1.92. The van der Waals surface area contributed by atoms with Gasteiger partial charge in [0.25, 0.3) is 5.91 Å². The van der Waals surface area contributed by atoms with E-state index >= 15 is 0 Å². The first-order valence-electron chi connectivity index (χ1n) is 8.20. The lowest BCUT2D eigenvalue weighted by molar-refractivity contribution is 0.0922. The lowest BCUT2D eigenvalue weighted by atomic mass is 10.1. The summed E-state index contributed by atoms with van der Waals surface area (Å²) in [5.41, 5.74) is 0.227. The van der Waals surface area contributed by atoms with Crippen LogP contribution in [0.1, 0.15) is 36.6 Å². The van der Waals surface area contributed by atoms with Gasteiger partial charge in [-0.3, -0.25) is 4.79 Å². The monoisotopic (exact) mass is 348 g/mol. The summed E-state index contributed by atoms with van der Waals surface area (Å²) in [6.45, 7) is 6.29. The van der Waals surface area contributed by atoms with Crippen LogP contribution >= 0.6 is 11.6 Å². The summed E-state index contributed by atoms with van der Waals surface area (Å²) in [5.74, 6) is 1.32.